The van der Waals surface area contributed by atoms with Crippen LogP contribution in [0.25, 0.3) is 0 Å². The Balaban J connectivity index is 1.77. The van der Waals surface area contributed by atoms with Crippen molar-refractivity contribution in [1.29, 1.82) is 0 Å². The molecular formula is C22H24F2N3OS+. The van der Waals surface area contributed by atoms with E-state index in [1.165, 1.54) is 29.5 Å². The van der Waals surface area contributed by atoms with E-state index in [9.17, 15) is 13.6 Å². The summed E-state index contributed by atoms with van der Waals surface area (Å²) in [5.74, 6) is -0.734. The minimum atomic E-state index is -0.287. The summed E-state index contributed by atoms with van der Waals surface area (Å²) in [7, 11) is 0. The van der Waals surface area contributed by atoms with Crippen LogP contribution in [0.1, 0.15) is 40.5 Å². The fraction of sp³-hybridized carbons (Fsp3) is 0.273. The average Bonchev–Trinajstić information content (AvgIpc) is 3.13. The van der Waals surface area contributed by atoms with Crippen molar-refractivity contribution in [3.63, 3.8) is 0 Å². The molecule has 1 amide bonds. The predicted molar refractivity (Wildman–Crippen MR) is 110 cm³/mol. The van der Waals surface area contributed by atoms with Crippen molar-refractivity contribution in [1.82, 2.24) is 10.3 Å². The first-order chi connectivity index (χ1) is 13.9. The maximum Gasteiger partial charge on any atom is 0.270 e. The number of hydrogen-bond donors (Lipinski definition) is 2. The molecule has 2 N–H and O–H groups in total. The van der Waals surface area contributed by atoms with E-state index < -0.39 is 0 Å². The van der Waals surface area contributed by atoms with Crippen LogP contribution < -0.4 is 10.2 Å². The lowest BCUT2D eigenvalue weighted by molar-refractivity contribution is -0.941. The molecule has 0 bridgehead atoms. The van der Waals surface area contributed by atoms with Gasteiger partial charge < -0.3 is 10.2 Å². The number of halogens is 2. The van der Waals surface area contributed by atoms with Crippen LogP contribution in [-0.2, 0) is 19.6 Å². The molecule has 0 aliphatic rings. The third-order valence-corrected chi connectivity index (χ3v) is 5.22. The summed E-state index contributed by atoms with van der Waals surface area (Å²) in [4.78, 5) is 17.7. The lowest BCUT2D eigenvalue weighted by atomic mass is 10.1. The Bertz CT molecular complexity index is 957. The van der Waals surface area contributed by atoms with Gasteiger partial charge in [0.15, 0.2) is 0 Å². The molecule has 3 aromatic rings. The van der Waals surface area contributed by atoms with Gasteiger partial charge in [-0.05, 0) is 32.0 Å². The van der Waals surface area contributed by atoms with Crippen LogP contribution in [0.15, 0.2) is 53.9 Å². The SMILES string of the molecule is CC(C)NC(=O)c1csc(C[NH+](Cc2ccc(F)cc2)Cc2ccccc2F)n1. The second-order valence-corrected chi connectivity index (χ2v) is 8.20. The van der Waals surface area contributed by atoms with E-state index in [1.54, 1.807) is 29.6 Å². The van der Waals surface area contributed by atoms with Crippen molar-refractivity contribution in [2.45, 2.75) is 39.5 Å². The molecule has 3 rings (SSSR count). The highest BCUT2D eigenvalue weighted by Gasteiger charge is 2.18. The molecule has 0 saturated carbocycles. The van der Waals surface area contributed by atoms with E-state index in [-0.39, 0.29) is 23.6 Å². The van der Waals surface area contributed by atoms with Crippen LogP contribution in [0.5, 0.6) is 0 Å². The van der Waals surface area contributed by atoms with Gasteiger partial charge in [0.1, 0.15) is 42.0 Å². The highest BCUT2D eigenvalue weighted by molar-refractivity contribution is 7.09. The average molecular weight is 417 g/mol. The molecule has 152 valence electrons. The number of amides is 1. The van der Waals surface area contributed by atoms with Gasteiger partial charge in [0, 0.05) is 22.5 Å². The van der Waals surface area contributed by atoms with Crippen LogP contribution in [0.3, 0.4) is 0 Å². The van der Waals surface area contributed by atoms with Crippen LogP contribution in [0.2, 0.25) is 0 Å². The van der Waals surface area contributed by atoms with Gasteiger partial charge in [0.2, 0.25) is 0 Å². The summed E-state index contributed by atoms with van der Waals surface area (Å²) in [5.41, 5.74) is 1.96. The minimum Gasteiger partial charge on any atom is -0.349 e. The molecule has 1 heterocycles. The molecule has 1 unspecified atom stereocenters. The number of hydrogen-bond acceptors (Lipinski definition) is 3. The van der Waals surface area contributed by atoms with Crippen molar-refractivity contribution < 1.29 is 18.5 Å². The van der Waals surface area contributed by atoms with Crippen molar-refractivity contribution in [2.75, 3.05) is 0 Å². The minimum absolute atomic E-state index is 0.0364. The maximum atomic E-state index is 14.2. The Hall–Kier alpha value is -2.64. The number of aromatic nitrogens is 1. The van der Waals surface area contributed by atoms with Crippen LogP contribution in [0.4, 0.5) is 8.78 Å². The second kappa shape index (κ2) is 9.71. The smallest absolute Gasteiger partial charge is 0.270 e. The molecule has 0 fully saturated rings. The molecule has 0 radical (unpaired) electrons. The number of nitrogens with zero attached hydrogens (tertiary/aromatic N) is 1. The summed E-state index contributed by atoms with van der Waals surface area (Å²) in [5, 5.41) is 5.37. The summed E-state index contributed by atoms with van der Waals surface area (Å²) in [6.45, 7) is 5.37. The third kappa shape index (κ3) is 6.17. The van der Waals surface area contributed by atoms with Gasteiger partial charge in [-0.2, -0.15) is 0 Å². The van der Waals surface area contributed by atoms with Crippen molar-refractivity contribution >= 4 is 17.2 Å². The molecule has 2 aromatic carbocycles. The first-order valence-corrected chi connectivity index (χ1v) is 10.4. The molecule has 1 aromatic heterocycles. The molecule has 1 atom stereocenters. The van der Waals surface area contributed by atoms with Gasteiger partial charge in [-0.1, -0.05) is 30.3 Å². The third-order valence-electron chi connectivity index (χ3n) is 4.37. The predicted octanol–water partition coefficient (Wildman–Crippen LogP) is 3.34. The molecule has 7 heteroatoms. The van der Waals surface area contributed by atoms with Crippen molar-refractivity contribution in [2.24, 2.45) is 0 Å². The maximum absolute atomic E-state index is 14.2. The van der Waals surface area contributed by atoms with E-state index >= 15 is 0 Å². The van der Waals surface area contributed by atoms with Crippen molar-refractivity contribution in [3.8, 4) is 0 Å². The first kappa shape index (κ1) is 21.1. The van der Waals surface area contributed by atoms with E-state index in [1.807, 2.05) is 19.9 Å². The highest BCUT2D eigenvalue weighted by atomic mass is 32.1. The Labute approximate surface area is 173 Å². The molecule has 0 saturated heterocycles. The number of thiazole rings is 1. The topological polar surface area (TPSA) is 46.4 Å². The Morgan fingerprint density at radius 3 is 2.48 bits per heavy atom. The summed E-state index contributed by atoms with van der Waals surface area (Å²) in [6.07, 6.45) is 0. The zero-order valence-corrected chi connectivity index (χ0v) is 17.2. The number of rotatable bonds is 8. The number of carbonyl (C=O) groups is 1. The van der Waals surface area contributed by atoms with Gasteiger partial charge in [-0.25, -0.2) is 13.8 Å². The second-order valence-electron chi connectivity index (χ2n) is 7.25. The zero-order valence-electron chi connectivity index (χ0n) is 16.4. The monoisotopic (exact) mass is 416 g/mol. The fourth-order valence-corrected chi connectivity index (χ4v) is 3.88. The molecule has 0 aliphatic carbocycles. The lowest BCUT2D eigenvalue weighted by Gasteiger charge is -2.19. The molecule has 4 nitrogen and oxygen atoms in total. The molecule has 29 heavy (non-hydrogen) atoms. The van der Waals surface area contributed by atoms with Crippen LogP contribution in [-0.4, -0.2) is 16.9 Å². The highest BCUT2D eigenvalue weighted by Crippen LogP contribution is 2.11. The standard InChI is InChI=1S/C22H23F2N3OS/c1-15(2)25-22(28)20-14-29-21(26-20)13-27(11-16-7-9-18(23)10-8-16)12-17-5-3-4-6-19(17)24/h3-10,14-15H,11-13H2,1-2H3,(H,25,28)/p+1. The van der Waals surface area contributed by atoms with E-state index in [4.69, 9.17) is 0 Å². The largest absolute Gasteiger partial charge is 0.349 e. The van der Waals surface area contributed by atoms with Gasteiger partial charge in [0.05, 0.1) is 0 Å². The molecular weight excluding hydrogens is 392 g/mol. The number of nitrogens with one attached hydrogen (secondary N) is 2. The number of quaternary nitrogens is 1. The quantitative estimate of drug-likeness (QED) is 0.592. The summed E-state index contributed by atoms with van der Waals surface area (Å²) >= 11 is 1.41. The molecule has 0 spiro atoms. The molecule has 0 aliphatic heterocycles. The van der Waals surface area contributed by atoms with Gasteiger partial charge in [0.25, 0.3) is 5.91 Å². The van der Waals surface area contributed by atoms with Crippen molar-refractivity contribution in [3.05, 3.63) is 87.4 Å². The van der Waals surface area contributed by atoms with E-state index in [0.29, 0.717) is 30.9 Å². The van der Waals surface area contributed by atoms with Crippen LogP contribution in [0, 0.1) is 11.6 Å². The Kier molecular flexibility index (Phi) is 7.06. The number of benzene rings is 2. The normalized spacial score (nSPS) is 12.2. The Morgan fingerprint density at radius 2 is 1.79 bits per heavy atom. The summed E-state index contributed by atoms with van der Waals surface area (Å²) < 4.78 is 27.4. The van der Waals surface area contributed by atoms with Gasteiger partial charge in [-0.3, -0.25) is 4.79 Å². The number of carbonyl (C=O) groups excluding carboxylic acids is 1. The van der Waals surface area contributed by atoms with Crippen LogP contribution >= 0.6 is 11.3 Å². The Morgan fingerprint density at radius 1 is 1.07 bits per heavy atom. The summed E-state index contributed by atoms with van der Waals surface area (Å²) in [6, 6.07) is 13.0. The first-order valence-electron chi connectivity index (χ1n) is 9.47. The van der Waals surface area contributed by atoms with E-state index in [2.05, 4.69) is 10.3 Å². The van der Waals surface area contributed by atoms with Gasteiger partial charge in [-0.15, -0.1) is 11.3 Å². The van der Waals surface area contributed by atoms with E-state index in [0.717, 1.165) is 15.5 Å². The zero-order chi connectivity index (χ0) is 20.8. The van der Waals surface area contributed by atoms with Gasteiger partial charge >= 0.3 is 0 Å². The fourth-order valence-electron chi connectivity index (χ4n) is 3.04. The lowest BCUT2D eigenvalue weighted by Crippen LogP contribution is -3.08.